The van der Waals surface area contributed by atoms with Gasteiger partial charge in [-0.25, -0.2) is 4.98 Å². The number of aryl methyl sites for hydroxylation is 1. The van der Waals surface area contributed by atoms with Crippen molar-refractivity contribution in [1.29, 1.82) is 0 Å². The van der Waals surface area contributed by atoms with Crippen LogP contribution in [0, 0.1) is 0 Å². The fraction of sp³-hybridized carbons (Fsp3) is 0.250. The van der Waals surface area contributed by atoms with Crippen molar-refractivity contribution in [3.8, 4) is 5.75 Å². The van der Waals surface area contributed by atoms with Gasteiger partial charge in [0.05, 0.1) is 17.3 Å². The third kappa shape index (κ3) is 2.92. The second kappa shape index (κ2) is 6.01. The number of aliphatic hydroxyl groups is 1. The highest BCUT2D eigenvalue weighted by atomic mass is 16.5. The van der Waals surface area contributed by atoms with Crippen LogP contribution in [0.1, 0.15) is 35.8 Å². The Kier molecular flexibility index (Phi) is 3.72. The van der Waals surface area contributed by atoms with Crippen molar-refractivity contribution >= 4 is 10.9 Å². The summed E-state index contributed by atoms with van der Waals surface area (Å²) in [5.41, 5.74) is 4.14. The quantitative estimate of drug-likeness (QED) is 0.789. The van der Waals surface area contributed by atoms with Gasteiger partial charge in [0.15, 0.2) is 0 Å². The van der Waals surface area contributed by atoms with E-state index in [1.165, 1.54) is 5.56 Å². The fourth-order valence-electron chi connectivity index (χ4n) is 3.19. The van der Waals surface area contributed by atoms with Gasteiger partial charge in [-0.05, 0) is 54.7 Å². The molecule has 0 fully saturated rings. The molecule has 116 valence electrons. The van der Waals surface area contributed by atoms with Crippen LogP contribution in [0.15, 0.2) is 54.6 Å². The molecule has 1 unspecified atom stereocenters. The molecule has 1 aliphatic carbocycles. The smallest absolute Gasteiger partial charge is 0.130 e. The van der Waals surface area contributed by atoms with Gasteiger partial charge >= 0.3 is 0 Å². The molecule has 0 radical (unpaired) electrons. The molecule has 0 saturated carbocycles. The van der Waals surface area contributed by atoms with E-state index >= 15 is 0 Å². The Bertz CT molecular complexity index is 844. The molecule has 1 atom stereocenters. The largest absolute Gasteiger partial charge is 0.487 e. The first-order chi connectivity index (χ1) is 11.3. The van der Waals surface area contributed by atoms with Gasteiger partial charge in [-0.3, -0.25) is 0 Å². The van der Waals surface area contributed by atoms with Crippen LogP contribution in [-0.4, -0.2) is 10.1 Å². The van der Waals surface area contributed by atoms with Gasteiger partial charge in [-0.15, -0.1) is 0 Å². The molecule has 0 aliphatic heterocycles. The van der Waals surface area contributed by atoms with E-state index in [0.29, 0.717) is 6.61 Å². The molecule has 1 heterocycles. The lowest BCUT2D eigenvalue weighted by Crippen LogP contribution is -2.09. The number of aromatic nitrogens is 1. The summed E-state index contributed by atoms with van der Waals surface area (Å²) in [4.78, 5) is 4.62. The summed E-state index contributed by atoms with van der Waals surface area (Å²) < 4.78 is 5.88. The number of nitrogens with zero attached hydrogens (tertiary/aromatic N) is 1. The highest BCUT2D eigenvalue weighted by Gasteiger charge is 2.18. The minimum atomic E-state index is -0.360. The van der Waals surface area contributed by atoms with Crippen molar-refractivity contribution < 1.29 is 9.84 Å². The lowest BCUT2D eigenvalue weighted by Gasteiger charge is -2.22. The van der Waals surface area contributed by atoms with E-state index in [2.05, 4.69) is 23.2 Å². The van der Waals surface area contributed by atoms with Crippen LogP contribution < -0.4 is 4.74 Å². The maximum atomic E-state index is 10.1. The Labute approximate surface area is 135 Å². The standard InChI is InChI=1S/C20H19NO2/c22-20-7-3-5-14-9-11-17(12-18(14)20)23-13-16-10-8-15-4-1-2-6-19(15)21-16/h1-2,4,6,8-12,20,22H,3,5,7,13H2. The van der Waals surface area contributed by atoms with Crippen LogP contribution >= 0.6 is 0 Å². The zero-order chi connectivity index (χ0) is 15.6. The fourth-order valence-corrected chi connectivity index (χ4v) is 3.19. The molecule has 3 aromatic rings. The zero-order valence-corrected chi connectivity index (χ0v) is 12.9. The van der Waals surface area contributed by atoms with Gasteiger partial charge in [-0.1, -0.05) is 30.3 Å². The van der Waals surface area contributed by atoms with Gasteiger partial charge in [0.25, 0.3) is 0 Å². The van der Waals surface area contributed by atoms with Crippen LogP contribution in [0.4, 0.5) is 0 Å². The summed E-state index contributed by atoms with van der Waals surface area (Å²) in [6.45, 7) is 0.430. The molecule has 1 N–H and O–H groups in total. The number of hydrogen-bond acceptors (Lipinski definition) is 3. The molecule has 0 saturated heterocycles. The first kappa shape index (κ1) is 14.2. The Hall–Kier alpha value is -2.39. The Morgan fingerprint density at radius 3 is 2.96 bits per heavy atom. The number of hydrogen-bond donors (Lipinski definition) is 1. The molecule has 1 aromatic heterocycles. The Morgan fingerprint density at radius 2 is 2.00 bits per heavy atom. The zero-order valence-electron chi connectivity index (χ0n) is 12.9. The van der Waals surface area contributed by atoms with E-state index in [1.54, 1.807) is 0 Å². The molecule has 3 heteroatoms. The molecule has 4 rings (SSSR count). The van der Waals surface area contributed by atoms with Crippen molar-refractivity contribution in [2.45, 2.75) is 32.0 Å². The van der Waals surface area contributed by atoms with Crippen molar-refractivity contribution in [3.63, 3.8) is 0 Å². The van der Waals surface area contributed by atoms with E-state index in [9.17, 15) is 5.11 Å². The normalized spacial score (nSPS) is 17.0. The van der Waals surface area contributed by atoms with E-state index in [1.807, 2.05) is 36.4 Å². The van der Waals surface area contributed by atoms with E-state index in [0.717, 1.165) is 47.2 Å². The second-order valence-corrected chi connectivity index (χ2v) is 6.05. The third-order valence-corrected chi connectivity index (χ3v) is 4.44. The number of fused-ring (bicyclic) bond motifs is 2. The van der Waals surface area contributed by atoms with Gasteiger partial charge in [0.2, 0.25) is 0 Å². The average molecular weight is 305 g/mol. The predicted molar refractivity (Wildman–Crippen MR) is 90.4 cm³/mol. The summed E-state index contributed by atoms with van der Waals surface area (Å²) >= 11 is 0. The molecule has 2 aromatic carbocycles. The summed E-state index contributed by atoms with van der Waals surface area (Å²) in [6.07, 6.45) is 2.57. The summed E-state index contributed by atoms with van der Waals surface area (Å²) in [6, 6.07) is 18.2. The molecular weight excluding hydrogens is 286 g/mol. The number of benzene rings is 2. The number of rotatable bonds is 3. The highest BCUT2D eigenvalue weighted by Crippen LogP contribution is 2.32. The SMILES string of the molecule is OC1CCCc2ccc(OCc3ccc4ccccc4n3)cc21. The maximum absolute atomic E-state index is 10.1. The number of ether oxygens (including phenoxy) is 1. The molecule has 0 amide bonds. The molecule has 23 heavy (non-hydrogen) atoms. The van der Waals surface area contributed by atoms with Crippen molar-refractivity contribution in [1.82, 2.24) is 4.98 Å². The minimum Gasteiger partial charge on any atom is -0.487 e. The van der Waals surface area contributed by atoms with Gasteiger partial charge in [-0.2, -0.15) is 0 Å². The highest BCUT2D eigenvalue weighted by molar-refractivity contribution is 5.78. The van der Waals surface area contributed by atoms with Crippen molar-refractivity contribution in [3.05, 3.63) is 71.4 Å². The van der Waals surface area contributed by atoms with Crippen molar-refractivity contribution in [2.75, 3.05) is 0 Å². The molecule has 1 aliphatic rings. The van der Waals surface area contributed by atoms with Crippen LogP contribution in [0.3, 0.4) is 0 Å². The third-order valence-electron chi connectivity index (χ3n) is 4.44. The van der Waals surface area contributed by atoms with Gasteiger partial charge < -0.3 is 9.84 Å². The van der Waals surface area contributed by atoms with Gasteiger partial charge in [0, 0.05) is 5.39 Å². The van der Waals surface area contributed by atoms with Crippen molar-refractivity contribution in [2.24, 2.45) is 0 Å². The molecule has 0 bridgehead atoms. The molecular formula is C20H19NO2. The topological polar surface area (TPSA) is 42.4 Å². The monoisotopic (exact) mass is 305 g/mol. The van der Waals surface area contributed by atoms with Gasteiger partial charge in [0.1, 0.15) is 12.4 Å². The van der Waals surface area contributed by atoms with Crippen LogP contribution in [0.25, 0.3) is 10.9 Å². The van der Waals surface area contributed by atoms with E-state index in [4.69, 9.17) is 4.74 Å². The lowest BCUT2D eigenvalue weighted by atomic mass is 9.89. The Balaban J connectivity index is 1.52. The summed E-state index contributed by atoms with van der Waals surface area (Å²) in [7, 11) is 0. The first-order valence-electron chi connectivity index (χ1n) is 8.08. The minimum absolute atomic E-state index is 0.360. The maximum Gasteiger partial charge on any atom is 0.130 e. The number of pyridine rings is 1. The summed E-state index contributed by atoms with van der Waals surface area (Å²) in [5, 5.41) is 11.3. The average Bonchev–Trinajstić information content (AvgIpc) is 2.60. The second-order valence-electron chi connectivity index (χ2n) is 6.05. The number of para-hydroxylation sites is 1. The van der Waals surface area contributed by atoms with Crippen LogP contribution in [0.2, 0.25) is 0 Å². The summed E-state index contributed by atoms with van der Waals surface area (Å²) in [5.74, 6) is 0.791. The lowest BCUT2D eigenvalue weighted by molar-refractivity contribution is 0.156. The van der Waals surface area contributed by atoms with E-state index < -0.39 is 0 Å². The Morgan fingerprint density at radius 1 is 1.09 bits per heavy atom. The number of aliphatic hydroxyl groups excluding tert-OH is 1. The predicted octanol–water partition coefficient (Wildman–Crippen LogP) is 4.18. The molecule has 0 spiro atoms. The van der Waals surface area contributed by atoms with Crippen LogP contribution in [-0.2, 0) is 13.0 Å². The van der Waals surface area contributed by atoms with Crippen LogP contribution in [0.5, 0.6) is 5.75 Å². The first-order valence-corrected chi connectivity index (χ1v) is 8.08. The molecule has 3 nitrogen and oxygen atoms in total. The van der Waals surface area contributed by atoms with E-state index in [-0.39, 0.29) is 6.10 Å².